The van der Waals surface area contributed by atoms with E-state index in [1.807, 2.05) is 78.1 Å². The van der Waals surface area contributed by atoms with Gasteiger partial charge in [0.25, 0.3) is 5.91 Å². The predicted octanol–water partition coefficient (Wildman–Crippen LogP) is 10.5. The summed E-state index contributed by atoms with van der Waals surface area (Å²) in [4.78, 5) is 17.5. The van der Waals surface area contributed by atoms with E-state index in [-0.39, 0.29) is 5.91 Å². The highest BCUT2D eigenvalue weighted by atomic mass is 35.5. The lowest BCUT2D eigenvalue weighted by molar-refractivity contribution is -0.126. The number of amides is 1. The third-order valence-electron chi connectivity index (χ3n) is 7.35. The van der Waals surface area contributed by atoms with Crippen LogP contribution in [0.5, 0.6) is 11.5 Å². The fourth-order valence-corrected chi connectivity index (χ4v) is 5.50. The molecule has 6 rings (SSSR count). The average Bonchev–Trinajstić information content (AvgIpc) is 3.09. The lowest BCUT2D eigenvalue weighted by Gasteiger charge is -2.35. The molecule has 244 valence electrons. The summed E-state index contributed by atoms with van der Waals surface area (Å²) in [6.07, 6.45) is 1.98. The van der Waals surface area contributed by atoms with Crippen molar-refractivity contribution in [3.63, 3.8) is 0 Å². The summed E-state index contributed by atoms with van der Waals surface area (Å²) < 4.78 is 12.2. The minimum absolute atomic E-state index is 0.0894. The SMILES string of the molecule is C=CC.CC.CC.CN1C(=O)C(c2ccc(OCc3ccc(Cl)c(Cl)c3)cc2)Oc2cc3c(cc21)CCN(Cc1ccccc1)C3. The lowest BCUT2D eigenvalue weighted by atomic mass is 9.96. The largest absolute Gasteiger partial charge is 0.489 e. The van der Waals surface area contributed by atoms with E-state index in [0.717, 1.165) is 48.6 Å². The molecule has 4 aromatic rings. The van der Waals surface area contributed by atoms with Crippen LogP contribution in [0.1, 0.15) is 68.5 Å². The molecule has 0 aliphatic carbocycles. The molecule has 1 amide bonds. The highest BCUT2D eigenvalue weighted by Gasteiger charge is 2.35. The summed E-state index contributed by atoms with van der Waals surface area (Å²) in [5.41, 5.74) is 6.37. The van der Waals surface area contributed by atoms with Crippen LogP contribution in [0.25, 0.3) is 0 Å². The minimum atomic E-state index is -0.714. The first-order chi connectivity index (χ1) is 22.4. The fourth-order valence-electron chi connectivity index (χ4n) is 5.18. The van der Waals surface area contributed by atoms with Crippen molar-refractivity contribution in [1.82, 2.24) is 4.90 Å². The number of halogens is 2. The number of hydrogen-bond acceptors (Lipinski definition) is 4. The maximum absolute atomic E-state index is 13.3. The second kappa shape index (κ2) is 18.4. The Balaban J connectivity index is 0.000000765. The van der Waals surface area contributed by atoms with Crippen LogP contribution in [0, 0.1) is 0 Å². The first-order valence-corrected chi connectivity index (χ1v) is 16.7. The van der Waals surface area contributed by atoms with Crippen LogP contribution in [-0.4, -0.2) is 24.4 Å². The number of benzene rings is 4. The van der Waals surface area contributed by atoms with Gasteiger partial charge in [-0.15, -0.1) is 6.58 Å². The van der Waals surface area contributed by atoms with Gasteiger partial charge < -0.3 is 14.4 Å². The van der Waals surface area contributed by atoms with Crippen LogP contribution in [0.15, 0.2) is 97.6 Å². The van der Waals surface area contributed by atoms with Crippen LogP contribution in [0.3, 0.4) is 0 Å². The van der Waals surface area contributed by atoms with Crippen molar-refractivity contribution in [3.8, 4) is 11.5 Å². The van der Waals surface area contributed by atoms with Gasteiger partial charge in [-0.2, -0.15) is 0 Å². The molecular formula is C39H46Cl2N2O3. The second-order valence-electron chi connectivity index (χ2n) is 10.4. The van der Waals surface area contributed by atoms with Crippen molar-refractivity contribution >= 4 is 34.8 Å². The molecule has 0 fully saturated rings. The molecule has 0 radical (unpaired) electrons. The van der Waals surface area contributed by atoms with Crippen LogP contribution in [-0.2, 0) is 30.9 Å². The van der Waals surface area contributed by atoms with E-state index in [9.17, 15) is 4.79 Å². The number of anilines is 1. The lowest BCUT2D eigenvalue weighted by Crippen LogP contribution is -2.39. The Morgan fingerprint density at radius 1 is 0.891 bits per heavy atom. The molecule has 0 bridgehead atoms. The first kappa shape index (κ1) is 36.7. The Hall–Kier alpha value is -3.77. The average molecular weight is 662 g/mol. The zero-order valence-electron chi connectivity index (χ0n) is 27.9. The Morgan fingerprint density at radius 2 is 1.57 bits per heavy atom. The van der Waals surface area contributed by atoms with Crippen molar-refractivity contribution in [3.05, 3.63) is 135 Å². The Bertz CT molecular complexity index is 1560. The van der Waals surface area contributed by atoms with Crippen LogP contribution < -0.4 is 14.4 Å². The van der Waals surface area contributed by atoms with Crippen molar-refractivity contribution in [2.45, 2.75) is 66.8 Å². The second-order valence-corrected chi connectivity index (χ2v) is 11.3. The van der Waals surface area contributed by atoms with Gasteiger partial charge in [0.1, 0.15) is 18.1 Å². The summed E-state index contributed by atoms with van der Waals surface area (Å²) >= 11 is 12.1. The Morgan fingerprint density at radius 3 is 2.22 bits per heavy atom. The van der Waals surface area contributed by atoms with Crippen molar-refractivity contribution < 1.29 is 14.3 Å². The number of carbonyl (C=O) groups excluding carboxylic acids is 1. The molecule has 0 spiro atoms. The van der Waals surface area contributed by atoms with Gasteiger partial charge in [0.2, 0.25) is 6.10 Å². The molecule has 0 saturated heterocycles. The number of fused-ring (bicyclic) bond motifs is 2. The Labute approximate surface area is 285 Å². The third kappa shape index (κ3) is 9.38. The summed E-state index contributed by atoms with van der Waals surface area (Å²) in [5, 5.41) is 1.01. The van der Waals surface area contributed by atoms with Crippen LogP contribution in [0.2, 0.25) is 10.0 Å². The number of nitrogens with zero attached hydrogens (tertiary/aromatic N) is 2. The normalized spacial score (nSPS) is 14.8. The minimum Gasteiger partial charge on any atom is -0.489 e. The van der Waals surface area contributed by atoms with Gasteiger partial charge in [-0.3, -0.25) is 9.69 Å². The highest BCUT2D eigenvalue weighted by molar-refractivity contribution is 6.42. The molecular weight excluding hydrogens is 615 g/mol. The van der Waals surface area contributed by atoms with Crippen LogP contribution in [0.4, 0.5) is 5.69 Å². The van der Waals surface area contributed by atoms with E-state index in [0.29, 0.717) is 22.4 Å². The topological polar surface area (TPSA) is 42.0 Å². The molecule has 0 aromatic heterocycles. The molecule has 2 aliphatic heterocycles. The maximum Gasteiger partial charge on any atom is 0.272 e. The maximum atomic E-state index is 13.3. The van der Waals surface area contributed by atoms with Gasteiger partial charge in [0.15, 0.2) is 0 Å². The first-order valence-electron chi connectivity index (χ1n) is 16.0. The standard InChI is InChI=1S/C32H28Cl2N2O3.C3H6.2C2H6/c1-35-29-16-24-13-14-36(18-21-5-3-2-4-6-21)19-25(24)17-30(29)39-31(32(35)37)23-8-10-26(11-9-23)38-20-22-7-12-27(33)28(34)15-22;1-3-2;2*1-2/h2-12,15-17,31H,13-14,18-20H2,1H3;3H,1H2,2H3;2*1-2H3. The fraction of sp³-hybridized carbons (Fsp3) is 0.308. The van der Waals surface area contributed by atoms with E-state index in [2.05, 4.69) is 47.9 Å². The Kier molecular flexibility index (Phi) is 14.7. The molecule has 0 N–H and O–H groups in total. The molecule has 7 heteroatoms. The van der Waals surface area contributed by atoms with Gasteiger partial charge in [-0.25, -0.2) is 0 Å². The number of allylic oxidation sites excluding steroid dienone is 1. The number of likely N-dealkylation sites (N-methyl/N-ethyl adjacent to an activating group) is 1. The molecule has 0 saturated carbocycles. The van der Waals surface area contributed by atoms with Gasteiger partial charge in [-0.1, -0.05) is 106 Å². The zero-order valence-corrected chi connectivity index (χ0v) is 29.4. The van der Waals surface area contributed by atoms with Crippen molar-refractivity contribution in [2.75, 3.05) is 18.5 Å². The summed E-state index contributed by atoms with van der Waals surface area (Å²) in [6.45, 7) is 16.4. The molecule has 2 aliphatic rings. The summed E-state index contributed by atoms with van der Waals surface area (Å²) in [5.74, 6) is 1.34. The summed E-state index contributed by atoms with van der Waals surface area (Å²) in [7, 11) is 1.82. The molecule has 1 unspecified atom stereocenters. The highest BCUT2D eigenvalue weighted by Crippen LogP contribution is 2.41. The molecule has 5 nitrogen and oxygen atoms in total. The zero-order chi connectivity index (χ0) is 33.6. The van der Waals surface area contributed by atoms with Gasteiger partial charge in [0.05, 0.1) is 15.7 Å². The number of rotatable bonds is 6. The predicted molar refractivity (Wildman–Crippen MR) is 193 cm³/mol. The van der Waals surface area contributed by atoms with E-state index in [1.165, 1.54) is 16.7 Å². The number of hydrogen-bond donors (Lipinski definition) is 0. The van der Waals surface area contributed by atoms with E-state index in [4.69, 9.17) is 32.7 Å². The third-order valence-corrected chi connectivity index (χ3v) is 8.09. The number of carbonyl (C=O) groups is 1. The number of ether oxygens (including phenoxy) is 2. The van der Waals surface area contributed by atoms with Gasteiger partial charge >= 0.3 is 0 Å². The molecule has 4 aromatic carbocycles. The quantitative estimate of drug-likeness (QED) is 0.193. The van der Waals surface area contributed by atoms with Crippen molar-refractivity contribution in [1.29, 1.82) is 0 Å². The van der Waals surface area contributed by atoms with E-state index < -0.39 is 6.10 Å². The van der Waals surface area contributed by atoms with Gasteiger partial charge in [0, 0.05) is 32.2 Å². The molecule has 46 heavy (non-hydrogen) atoms. The van der Waals surface area contributed by atoms with Crippen LogP contribution >= 0.6 is 23.2 Å². The molecule has 2 heterocycles. The van der Waals surface area contributed by atoms with E-state index >= 15 is 0 Å². The monoisotopic (exact) mass is 660 g/mol. The molecule has 1 atom stereocenters. The van der Waals surface area contributed by atoms with E-state index in [1.54, 1.807) is 23.1 Å². The van der Waals surface area contributed by atoms with Crippen molar-refractivity contribution in [2.24, 2.45) is 0 Å². The summed E-state index contributed by atoms with van der Waals surface area (Å²) in [6, 6.07) is 27.7. The smallest absolute Gasteiger partial charge is 0.272 e. The van der Waals surface area contributed by atoms with Gasteiger partial charge in [-0.05, 0) is 72.0 Å².